The summed E-state index contributed by atoms with van der Waals surface area (Å²) < 4.78 is 28.4. The topological polar surface area (TPSA) is 103 Å². The van der Waals surface area contributed by atoms with Gasteiger partial charge < -0.3 is 5.73 Å². The summed E-state index contributed by atoms with van der Waals surface area (Å²) in [7, 11) is -2.19. The first kappa shape index (κ1) is 14.4. The van der Waals surface area contributed by atoms with Gasteiger partial charge >= 0.3 is 0 Å². The lowest BCUT2D eigenvalue weighted by atomic mass is 10.1. The van der Waals surface area contributed by atoms with Gasteiger partial charge in [-0.2, -0.15) is 10.1 Å². The average molecular weight is 311 g/mol. The van der Waals surface area contributed by atoms with E-state index in [1.807, 2.05) is 0 Å². The van der Waals surface area contributed by atoms with Crippen LogP contribution in [0.5, 0.6) is 0 Å². The van der Waals surface area contributed by atoms with E-state index in [2.05, 4.69) is 14.8 Å². The van der Waals surface area contributed by atoms with Crippen LogP contribution in [-0.4, -0.2) is 28.2 Å². The first-order valence-electron chi connectivity index (χ1n) is 5.58. The van der Waals surface area contributed by atoms with Crippen LogP contribution in [0, 0.1) is 6.92 Å². The molecule has 2 rings (SSSR count). The molecule has 2 aromatic rings. The smallest absolute Gasteiger partial charge is 0.264 e. The molecule has 0 fully saturated rings. The third-order valence-electron chi connectivity index (χ3n) is 2.70. The van der Waals surface area contributed by atoms with Gasteiger partial charge in [0.15, 0.2) is 0 Å². The highest BCUT2D eigenvalue weighted by Gasteiger charge is 2.20. The van der Waals surface area contributed by atoms with Crippen LogP contribution in [0.4, 0.5) is 5.95 Å². The maximum absolute atomic E-state index is 12.4. The van der Waals surface area contributed by atoms with Crippen LogP contribution in [-0.2, 0) is 17.1 Å². The molecule has 20 heavy (non-hydrogen) atoms. The van der Waals surface area contributed by atoms with E-state index in [1.165, 1.54) is 17.1 Å². The molecule has 0 amide bonds. The fourth-order valence-electron chi connectivity index (χ4n) is 1.61. The van der Waals surface area contributed by atoms with E-state index in [4.69, 9.17) is 18.0 Å². The van der Waals surface area contributed by atoms with E-state index >= 15 is 0 Å². The third kappa shape index (κ3) is 2.78. The highest BCUT2D eigenvalue weighted by Crippen LogP contribution is 2.19. The number of benzene rings is 1. The predicted octanol–water partition coefficient (Wildman–Crippen LogP) is 0.559. The Bertz CT molecular complexity index is 767. The van der Waals surface area contributed by atoms with E-state index in [1.54, 1.807) is 26.1 Å². The highest BCUT2D eigenvalue weighted by molar-refractivity contribution is 7.92. The van der Waals surface area contributed by atoms with Gasteiger partial charge in [-0.05, 0) is 18.6 Å². The van der Waals surface area contributed by atoms with Gasteiger partial charge in [0, 0.05) is 12.6 Å². The van der Waals surface area contributed by atoms with Crippen molar-refractivity contribution in [1.29, 1.82) is 0 Å². The fraction of sp³-hybridized carbons (Fsp3) is 0.182. The van der Waals surface area contributed by atoms with Crippen LogP contribution in [0.3, 0.4) is 0 Å². The number of rotatable bonds is 4. The monoisotopic (exact) mass is 311 g/mol. The summed E-state index contributed by atoms with van der Waals surface area (Å²) in [6.45, 7) is 1.69. The molecular weight excluding hydrogens is 298 g/mol. The number of thiocarbonyl (C=S) groups is 1. The number of aromatic nitrogens is 3. The molecule has 0 aliphatic carbocycles. The van der Waals surface area contributed by atoms with Gasteiger partial charge in [0.05, 0.1) is 4.90 Å². The number of nitrogens with two attached hydrogens (primary N) is 1. The molecule has 1 aromatic heterocycles. The molecule has 0 unspecified atom stereocenters. The number of hydrogen-bond donors (Lipinski definition) is 2. The van der Waals surface area contributed by atoms with E-state index in [0.717, 1.165) is 0 Å². The Morgan fingerprint density at radius 3 is 2.70 bits per heavy atom. The van der Waals surface area contributed by atoms with Crippen LogP contribution in [0.15, 0.2) is 29.4 Å². The summed E-state index contributed by atoms with van der Waals surface area (Å²) in [5, 5.41) is 3.80. The number of hydrogen-bond acceptors (Lipinski definition) is 5. The number of anilines is 1. The van der Waals surface area contributed by atoms with Crippen molar-refractivity contribution in [1.82, 2.24) is 14.8 Å². The second kappa shape index (κ2) is 5.17. The molecule has 0 atom stereocenters. The van der Waals surface area contributed by atoms with E-state index in [0.29, 0.717) is 11.1 Å². The molecule has 7 nitrogen and oxygen atoms in total. The van der Waals surface area contributed by atoms with Crippen molar-refractivity contribution in [3.05, 3.63) is 35.7 Å². The Hall–Kier alpha value is -2.00. The van der Waals surface area contributed by atoms with Gasteiger partial charge in [0.1, 0.15) is 11.3 Å². The highest BCUT2D eigenvalue weighted by atomic mass is 32.2. The summed E-state index contributed by atoms with van der Waals surface area (Å²) in [5.41, 5.74) is 6.60. The van der Waals surface area contributed by atoms with Crippen molar-refractivity contribution in [3.8, 4) is 0 Å². The van der Waals surface area contributed by atoms with Crippen molar-refractivity contribution >= 4 is 33.2 Å². The molecule has 0 saturated carbocycles. The molecular formula is C11H13N5O2S2. The minimum atomic E-state index is -3.78. The SMILES string of the molecule is Cc1ccc(C(N)=S)cc1S(=O)(=O)Nc1ncnn1C. The zero-order chi connectivity index (χ0) is 14.9. The predicted molar refractivity (Wildman–Crippen MR) is 78.9 cm³/mol. The Morgan fingerprint density at radius 2 is 2.15 bits per heavy atom. The molecule has 9 heteroatoms. The van der Waals surface area contributed by atoms with Crippen molar-refractivity contribution in [3.63, 3.8) is 0 Å². The molecule has 3 N–H and O–H groups in total. The maximum atomic E-state index is 12.4. The van der Waals surface area contributed by atoms with Crippen molar-refractivity contribution < 1.29 is 8.42 Å². The van der Waals surface area contributed by atoms with Crippen LogP contribution >= 0.6 is 12.2 Å². The fourth-order valence-corrected chi connectivity index (χ4v) is 3.04. The Kier molecular flexibility index (Phi) is 3.73. The van der Waals surface area contributed by atoms with Gasteiger partial charge in [-0.25, -0.2) is 17.8 Å². The van der Waals surface area contributed by atoms with Crippen molar-refractivity contribution in [2.45, 2.75) is 11.8 Å². The summed E-state index contributed by atoms with van der Waals surface area (Å²) in [6.07, 6.45) is 1.26. The van der Waals surface area contributed by atoms with Gasteiger partial charge in [-0.3, -0.25) is 0 Å². The molecule has 0 aliphatic heterocycles. The lowest BCUT2D eigenvalue weighted by Crippen LogP contribution is -2.18. The van der Waals surface area contributed by atoms with Crippen LogP contribution < -0.4 is 10.5 Å². The zero-order valence-electron chi connectivity index (χ0n) is 10.9. The minimum Gasteiger partial charge on any atom is -0.389 e. The number of nitrogens with one attached hydrogen (secondary N) is 1. The number of sulfonamides is 1. The third-order valence-corrected chi connectivity index (χ3v) is 4.41. The van der Waals surface area contributed by atoms with E-state index in [-0.39, 0.29) is 15.8 Å². The van der Waals surface area contributed by atoms with E-state index in [9.17, 15) is 8.42 Å². The van der Waals surface area contributed by atoms with Crippen molar-refractivity contribution in [2.75, 3.05) is 4.72 Å². The van der Waals surface area contributed by atoms with Crippen molar-refractivity contribution in [2.24, 2.45) is 12.8 Å². The van der Waals surface area contributed by atoms with Crippen LogP contribution in [0.2, 0.25) is 0 Å². The summed E-state index contributed by atoms with van der Waals surface area (Å²) in [4.78, 5) is 4.07. The summed E-state index contributed by atoms with van der Waals surface area (Å²) in [6, 6.07) is 4.77. The molecule has 1 aromatic carbocycles. The summed E-state index contributed by atoms with van der Waals surface area (Å²) >= 11 is 4.86. The normalized spacial score (nSPS) is 11.3. The molecule has 106 valence electrons. The maximum Gasteiger partial charge on any atom is 0.264 e. The van der Waals surface area contributed by atoms with Gasteiger partial charge in [-0.15, -0.1) is 0 Å². The van der Waals surface area contributed by atoms with Crippen LogP contribution in [0.1, 0.15) is 11.1 Å². The lowest BCUT2D eigenvalue weighted by Gasteiger charge is -2.10. The quantitative estimate of drug-likeness (QED) is 0.800. The second-order valence-electron chi connectivity index (χ2n) is 4.16. The number of aryl methyl sites for hydroxylation is 2. The van der Waals surface area contributed by atoms with Gasteiger partial charge in [0.25, 0.3) is 10.0 Å². The van der Waals surface area contributed by atoms with Gasteiger partial charge in [0.2, 0.25) is 5.95 Å². The zero-order valence-corrected chi connectivity index (χ0v) is 12.5. The first-order valence-corrected chi connectivity index (χ1v) is 7.47. The standard InChI is InChI=1S/C11H13N5O2S2/c1-7-3-4-8(10(12)19)5-9(7)20(17,18)15-11-13-6-14-16(11)2/h3-6H,1-2H3,(H2,12,19)(H,13,14,15). The number of nitrogens with zero attached hydrogens (tertiary/aromatic N) is 3. The van der Waals surface area contributed by atoms with Gasteiger partial charge in [-0.1, -0.05) is 24.4 Å². The minimum absolute atomic E-state index is 0.103. The molecule has 0 bridgehead atoms. The molecule has 0 aliphatic rings. The summed E-state index contributed by atoms with van der Waals surface area (Å²) in [5.74, 6) is 0.130. The molecule has 0 saturated heterocycles. The second-order valence-corrected chi connectivity index (χ2v) is 6.25. The van der Waals surface area contributed by atoms with E-state index < -0.39 is 10.0 Å². The largest absolute Gasteiger partial charge is 0.389 e. The average Bonchev–Trinajstić information content (AvgIpc) is 2.74. The Morgan fingerprint density at radius 1 is 1.45 bits per heavy atom. The Labute approximate surface area is 121 Å². The lowest BCUT2D eigenvalue weighted by molar-refractivity contribution is 0.599. The molecule has 1 heterocycles. The Balaban J connectivity index is 2.46. The van der Waals surface area contributed by atoms with Crippen LogP contribution in [0.25, 0.3) is 0 Å². The molecule has 0 spiro atoms. The first-order chi connectivity index (χ1) is 9.31. The molecule has 0 radical (unpaired) electrons.